The number of amides is 1. The van der Waals surface area contributed by atoms with E-state index in [1.54, 1.807) is 0 Å². The third-order valence-electron chi connectivity index (χ3n) is 3.07. The third kappa shape index (κ3) is 2.31. The lowest BCUT2D eigenvalue weighted by Gasteiger charge is -2.05. The van der Waals surface area contributed by atoms with Crippen molar-refractivity contribution in [2.45, 2.75) is 19.3 Å². The van der Waals surface area contributed by atoms with Crippen LogP contribution in [0.4, 0.5) is 15.2 Å². The van der Waals surface area contributed by atoms with Crippen LogP contribution in [0.25, 0.3) is 0 Å². The Morgan fingerprint density at radius 3 is 3.00 bits per heavy atom. The fourth-order valence-electron chi connectivity index (χ4n) is 2.15. The quantitative estimate of drug-likeness (QED) is 0.829. The van der Waals surface area contributed by atoms with Gasteiger partial charge in [0.25, 0.3) is 5.91 Å². The smallest absolute Gasteiger partial charge is 0.259 e. The van der Waals surface area contributed by atoms with Gasteiger partial charge in [-0.15, -0.1) is 11.3 Å². The molecular weight excluding hydrogens is 265 g/mol. The fraction of sp³-hybridized carbons (Fsp3) is 0.231. The number of carbonyl (C=O) groups is 1. The van der Waals surface area contributed by atoms with Gasteiger partial charge in [-0.1, -0.05) is 0 Å². The molecule has 6 heteroatoms. The molecule has 2 aromatic rings. The number of fused-ring (bicyclic) bond motifs is 1. The lowest BCUT2D eigenvalue weighted by atomic mass is 10.1. The Morgan fingerprint density at radius 1 is 1.42 bits per heavy atom. The number of anilines is 2. The Balaban J connectivity index is 1.80. The van der Waals surface area contributed by atoms with E-state index in [2.05, 4.69) is 10.3 Å². The van der Waals surface area contributed by atoms with Gasteiger partial charge >= 0.3 is 0 Å². The maximum atomic E-state index is 12.9. The molecule has 0 unspecified atom stereocenters. The lowest BCUT2D eigenvalue weighted by Crippen LogP contribution is -2.14. The summed E-state index contributed by atoms with van der Waals surface area (Å²) in [5.74, 6) is -0.813. The van der Waals surface area contributed by atoms with Gasteiger partial charge in [0.2, 0.25) is 0 Å². The highest BCUT2D eigenvalue weighted by molar-refractivity contribution is 7.16. The molecule has 0 saturated carbocycles. The van der Waals surface area contributed by atoms with E-state index in [1.165, 1.54) is 28.3 Å². The van der Waals surface area contributed by atoms with Gasteiger partial charge in [-0.3, -0.25) is 10.1 Å². The van der Waals surface area contributed by atoms with Crippen molar-refractivity contribution in [1.29, 1.82) is 0 Å². The van der Waals surface area contributed by atoms with Crippen LogP contribution in [0.3, 0.4) is 0 Å². The predicted octanol–water partition coefficient (Wildman–Crippen LogP) is 2.61. The van der Waals surface area contributed by atoms with Crippen molar-refractivity contribution in [2.75, 3.05) is 11.1 Å². The number of halogens is 1. The molecule has 0 atom stereocenters. The summed E-state index contributed by atoms with van der Waals surface area (Å²) in [5.41, 5.74) is 7.09. The van der Waals surface area contributed by atoms with Crippen molar-refractivity contribution >= 4 is 28.1 Å². The first-order chi connectivity index (χ1) is 9.13. The molecule has 1 aliphatic carbocycles. The maximum absolute atomic E-state index is 12.9. The molecule has 1 amide bonds. The number of nitrogen functional groups attached to an aromatic ring is 1. The maximum Gasteiger partial charge on any atom is 0.259 e. The molecule has 4 nitrogen and oxygen atoms in total. The number of nitrogens with two attached hydrogens (primary N) is 1. The minimum atomic E-state index is -0.456. The van der Waals surface area contributed by atoms with E-state index < -0.39 is 5.82 Å². The first-order valence-electron chi connectivity index (χ1n) is 5.98. The average molecular weight is 277 g/mol. The molecule has 1 aliphatic rings. The Morgan fingerprint density at radius 2 is 2.26 bits per heavy atom. The molecule has 0 spiro atoms. The number of nitrogens with one attached hydrogen (secondary N) is 1. The van der Waals surface area contributed by atoms with Crippen molar-refractivity contribution < 1.29 is 9.18 Å². The highest BCUT2D eigenvalue weighted by Gasteiger charge is 2.18. The summed E-state index contributed by atoms with van der Waals surface area (Å²) in [4.78, 5) is 17.6. The molecule has 19 heavy (non-hydrogen) atoms. The summed E-state index contributed by atoms with van der Waals surface area (Å²) in [6.07, 6.45) is 3.13. The summed E-state index contributed by atoms with van der Waals surface area (Å²) in [6.45, 7) is 0. The summed E-state index contributed by atoms with van der Waals surface area (Å²) in [5, 5.41) is 3.30. The molecular formula is C13H12FN3OS. The molecule has 1 heterocycles. The summed E-state index contributed by atoms with van der Waals surface area (Å²) in [6, 6.07) is 3.73. The summed E-state index contributed by atoms with van der Waals surface area (Å²) < 4.78 is 12.9. The Hall–Kier alpha value is -1.95. The number of hydrogen-bond acceptors (Lipinski definition) is 4. The van der Waals surface area contributed by atoms with Gasteiger partial charge < -0.3 is 5.73 Å². The SMILES string of the molecule is Nc1cc(F)ccc1C(=O)Nc1nc2c(s1)CCC2. The number of rotatable bonds is 2. The summed E-state index contributed by atoms with van der Waals surface area (Å²) in [7, 11) is 0. The molecule has 0 fully saturated rings. The molecule has 98 valence electrons. The molecule has 3 N–H and O–H groups in total. The van der Waals surface area contributed by atoms with Crippen LogP contribution in [0.15, 0.2) is 18.2 Å². The van der Waals surface area contributed by atoms with Crippen LogP contribution in [0.2, 0.25) is 0 Å². The molecule has 0 aliphatic heterocycles. The van der Waals surface area contributed by atoms with Gasteiger partial charge in [0.05, 0.1) is 11.3 Å². The van der Waals surface area contributed by atoms with E-state index in [0.29, 0.717) is 5.13 Å². The van der Waals surface area contributed by atoms with Crippen molar-refractivity contribution in [3.63, 3.8) is 0 Å². The predicted molar refractivity (Wildman–Crippen MR) is 72.9 cm³/mol. The van der Waals surface area contributed by atoms with Gasteiger partial charge in [-0.2, -0.15) is 0 Å². The second-order valence-corrected chi connectivity index (χ2v) is 5.51. The monoisotopic (exact) mass is 277 g/mol. The number of benzene rings is 1. The van der Waals surface area contributed by atoms with E-state index >= 15 is 0 Å². The Bertz CT molecular complexity index is 632. The number of carbonyl (C=O) groups excluding carboxylic acids is 1. The molecule has 1 aromatic heterocycles. The number of hydrogen-bond donors (Lipinski definition) is 2. The van der Waals surface area contributed by atoms with Gasteiger partial charge in [-0.25, -0.2) is 9.37 Å². The third-order valence-corrected chi connectivity index (χ3v) is 4.15. The van der Waals surface area contributed by atoms with E-state index in [4.69, 9.17) is 5.73 Å². The summed E-state index contributed by atoms with van der Waals surface area (Å²) >= 11 is 1.50. The van der Waals surface area contributed by atoms with Crippen LogP contribution in [0, 0.1) is 5.82 Å². The Kier molecular flexibility index (Phi) is 2.94. The van der Waals surface area contributed by atoms with Gasteiger partial charge in [0.1, 0.15) is 5.82 Å². The van der Waals surface area contributed by atoms with Crippen molar-refractivity contribution in [3.05, 3.63) is 40.2 Å². The van der Waals surface area contributed by atoms with E-state index in [-0.39, 0.29) is 17.2 Å². The topological polar surface area (TPSA) is 68.0 Å². The van der Waals surface area contributed by atoms with Crippen molar-refractivity contribution in [3.8, 4) is 0 Å². The minimum Gasteiger partial charge on any atom is -0.398 e. The van der Waals surface area contributed by atoms with E-state index in [9.17, 15) is 9.18 Å². The fourth-order valence-corrected chi connectivity index (χ4v) is 3.19. The zero-order chi connectivity index (χ0) is 13.4. The van der Waals surface area contributed by atoms with Crippen LogP contribution < -0.4 is 11.1 Å². The van der Waals surface area contributed by atoms with Crippen LogP contribution in [0.5, 0.6) is 0 Å². The van der Waals surface area contributed by atoms with Crippen LogP contribution >= 0.6 is 11.3 Å². The van der Waals surface area contributed by atoms with Crippen LogP contribution in [-0.4, -0.2) is 10.9 Å². The standard InChI is InChI=1S/C13H12FN3OS/c14-7-4-5-8(9(15)6-7)12(18)17-13-16-10-2-1-3-11(10)19-13/h4-6H,1-3,15H2,(H,16,17,18). The highest BCUT2D eigenvalue weighted by atomic mass is 32.1. The first kappa shape index (κ1) is 12.1. The van der Waals surface area contributed by atoms with Crippen LogP contribution in [0.1, 0.15) is 27.3 Å². The zero-order valence-electron chi connectivity index (χ0n) is 10.1. The van der Waals surface area contributed by atoms with Crippen LogP contribution in [-0.2, 0) is 12.8 Å². The zero-order valence-corrected chi connectivity index (χ0v) is 10.9. The molecule has 0 saturated heterocycles. The number of nitrogens with zero attached hydrogens (tertiary/aromatic N) is 1. The normalized spacial score (nSPS) is 13.3. The molecule has 0 radical (unpaired) electrons. The largest absolute Gasteiger partial charge is 0.398 e. The first-order valence-corrected chi connectivity index (χ1v) is 6.80. The van der Waals surface area contributed by atoms with Gasteiger partial charge in [0.15, 0.2) is 5.13 Å². The highest BCUT2D eigenvalue weighted by Crippen LogP contribution is 2.30. The van der Waals surface area contributed by atoms with E-state index in [0.717, 1.165) is 31.0 Å². The van der Waals surface area contributed by atoms with Gasteiger partial charge in [0, 0.05) is 10.6 Å². The molecule has 1 aromatic carbocycles. The van der Waals surface area contributed by atoms with Crippen molar-refractivity contribution in [2.24, 2.45) is 0 Å². The second-order valence-electron chi connectivity index (χ2n) is 4.43. The van der Waals surface area contributed by atoms with Crippen molar-refractivity contribution in [1.82, 2.24) is 4.98 Å². The minimum absolute atomic E-state index is 0.126. The molecule has 3 rings (SSSR count). The van der Waals surface area contributed by atoms with Gasteiger partial charge in [-0.05, 0) is 37.5 Å². The average Bonchev–Trinajstić information content (AvgIpc) is 2.89. The Labute approximate surface area is 113 Å². The lowest BCUT2D eigenvalue weighted by molar-refractivity contribution is 0.102. The second kappa shape index (κ2) is 4.62. The molecule has 0 bridgehead atoms. The number of aryl methyl sites for hydroxylation is 2. The number of aromatic nitrogens is 1. The number of thiazole rings is 1. The van der Waals surface area contributed by atoms with E-state index in [1.807, 2.05) is 0 Å².